The van der Waals surface area contributed by atoms with Crippen molar-refractivity contribution in [3.63, 3.8) is 0 Å². The SMILES string of the molecule is COc1cc2c(cc1Cl)c(C(C)N1C(=O)c3ccc(-n4cnc(C)c4)c(=O)n3CC1C)cn2C. The molecule has 1 aromatic carbocycles. The first-order valence-electron chi connectivity index (χ1n) is 11.1. The van der Waals surface area contributed by atoms with Gasteiger partial charge in [-0.15, -0.1) is 0 Å². The minimum Gasteiger partial charge on any atom is -0.495 e. The molecule has 0 saturated carbocycles. The standard InChI is InChI=1S/C25H26ClN5O3/c1-14-10-29(13-27-14)20-6-7-21-25(33)31(15(2)11-30(21)24(20)32)16(3)18-12-28(4)22-9-23(34-5)19(26)8-17(18)22/h6-10,12-13,15-16H,11H2,1-5H3. The van der Waals surface area contributed by atoms with Gasteiger partial charge in [-0.2, -0.15) is 0 Å². The van der Waals surface area contributed by atoms with Gasteiger partial charge in [0.15, 0.2) is 0 Å². The number of pyridine rings is 1. The van der Waals surface area contributed by atoms with E-state index in [4.69, 9.17) is 16.3 Å². The van der Waals surface area contributed by atoms with E-state index in [1.807, 2.05) is 55.6 Å². The molecule has 34 heavy (non-hydrogen) atoms. The summed E-state index contributed by atoms with van der Waals surface area (Å²) >= 11 is 6.42. The fraction of sp³-hybridized carbons (Fsp3) is 0.320. The van der Waals surface area contributed by atoms with Crippen molar-refractivity contribution in [2.45, 2.75) is 39.4 Å². The maximum atomic E-state index is 13.7. The molecule has 8 nitrogen and oxygen atoms in total. The molecule has 0 fully saturated rings. The average molecular weight is 480 g/mol. The Morgan fingerprint density at radius 1 is 1.21 bits per heavy atom. The molecule has 1 amide bonds. The predicted molar refractivity (Wildman–Crippen MR) is 131 cm³/mol. The first-order chi connectivity index (χ1) is 16.2. The lowest BCUT2D eigenvalue weighted by Crippen LogP contribution is -2.50. The van der Waals surface area contributed by atoms with Crippen molar-refractivity contribution in [2.24, 2.45) is 7.05 Å². The van der Waals surface area contributed by atoms with Crippen molar-refractivity contribution in [1.82, 2.24) is 23.6 Å². The Bertz CT molecular complexity index is 1500. The number of rotatable bonds is 4. The molecule has 4 heterocycles. The van der Waals surface area contributed by atoms with Gasteiger partial charge in [-0.3, -0.25) is 9.59 Å². The van der Waals surface area contributed by atoms with E-state index in [0.29, 0.717) is 28.7 Å². The molecule has 9 heteroatoms. The Labute approximate surface area is 201 Å². The lowest BCUT2D eigenvalue weighted by molar-refractivity contribution is 0.0512. The van der Waals surface area contributed by atoms with Crippen LogP contribution in [0, 0.1) is 6.92 Å². The first kappa shape index (κ1) is 22.3. The summed E-state index contributed by atoms with van der Waals surface area (Å²) in [4.78, 5) is 33.0. The summed E-state index contributed by atoms with van der Waals surface area (Å²) in [5.74, 6) is 0.433. The van der Waals surface area contributed by atoms with Crippen molar-refractivity contribution >= 4 is 28.4 Å². The van der Waals surface area contributed by atoms with Crippen molar-refractivity contribution in [3.8, 4) is 11.4 Å². The van der Waals surface area contributed by atoms with Crippen molar-refractivity contribution in [2.75, 3.05) is 7.11 Å². The number of aromatic nitrogens is 4. The Balaban J connectivity index is 1.56. The van der Waals surface area contributed by atoms with E-state index in [9.17, 15) is 9.59 Å². The predicted octanol–water partition coefficient (Wildman–Crippen LogP) is 4.10. The summed E-state index contributed by atoms with van der Waals surface area (Å²) in [6.07, 6.45) is 5.44. The van der Waals surface area contributed by atoms with Crippen LogP contribution in [0.25, 0.3) is 16.6 Å². The third-order valence-corrected chi connectivity index (χ3v) is 6.98. The number of carbonyl (C=O) groups excluding carboxylic acids is 1. The molecule has 0 saturated heterocycles. The maximum Gasteiger partial charge on any atom is 0.275 e. The molecule has 1 aliphatic rings. The minimum absolute atomic E-state index is 0.173. The van der Waals surface area contributed by atoms with Gasteiger partial charge < -0.3 is 23.3 Å². The summed E-state index contributed by atoms with van der Waals surface area (Å²) in [6.45, 7) is 6.26. The molecular weight excluding hydrogens is 454 g/mol. The van der Waals surface area contributed by atoms with Gasteiger partial charge in [-0.1, -0.05) is 11.6 Å². The van der Waals surface area contributed by atoms with Gasteiger partial charge in [0.1, 0.15) is 17.1 Å². The zero-order chi connectivity index (χ0) is 24.3. The second-order valence-electron chi connectivity index (χ2n) is 8.88. The van der Waals surface area contributed by atoms with Crippen molar-refractivity contribution < 1.29 is 9.53 Å². The monoisotopic (exact) mass is 479 g/mol. The number of carbonyl (C=O) groups is 1. The Morgan fingerprint density at radius 3 is 2.65 bits per heavy atom. The highest BCUT2D eigenvalue weighted by Gasteiger charge is 2.35. The van der Waals surface area contributed by atoms with Gasteiger partial charge in [-0.05, 0) is 44.5 Å². The number of nitrogens with zero attached hydrogens (tertiary/aromatic N) is 5. The van der Waals surface area contributed by atoms with E-state index >= 15 is 0 Å². The molecule has 4 aromatic rings. The van der Waals surface area contributed by atoms with Crippen LogP contribution < -0.4 is 10.3 Å². The normalized spacial score (nSPS) is 16.7. The number of aryl methyl sites for hydroxylation is 2. The Kier molecular flexibility index (Phi) is 5.28. The molecule has 0 radical (unpaired) electrons. The average Bonchev–Trinajstić information content (AvgIpc) is 3.36. The lowest BCUT2D eigenvalue weighted by atomic mass is 10.0. The summed E-state index contributed by atoms with van der Waals surface area (Å²) in [7, 11) is 3.55. The Hall–Kier alpha value is -3.52. The summed E-state index contributed by atoms with van der Waals surface area (Å²) in [5.41, 5.74) is 3.44. The highest BCUT2D eigenvalue weighted by Crippen LogP contribution is 2.37. The number of methoxy groups -OCH3 is 1. The number of halogens is 1. The van der Waals surface area contributed by atoms with E-state index < -0.39 is 0 Å². The second kappa shape index (κ2) is 8.06. The third kappa shape index (κ3) is 3.32. The number of hydrogen-bond donors (Lipinski definition) is 0. The summed E-state index contributed by atoms with van der Waals surface area (Å²) in [6, 6.07) is 6.80. The van der Waals surface area contributed by atoms with Crippen LogP contribution in [0.5, 0.6) is 5.75 Å². The van der Waals surface area contributed by atoms with E-state index in [2.05, 4.69) is 4.98 Å². The quantitative estimate of drug-likeness (QED) is 0.441. The first-order valence-corrected chi connectivity index (χ1v) is 11.5. The van der Waals surface area contributed by atoms with E-state index in [0.717, 1.165) is 22.2 Å². The van der Waals surface area contributed by atoms with Crippen LogP contribution in [0.2, 0.25) is 5.02 Å². The van der Waals surface area contributed by atoms with Gasteiger partial charge in [0.2, 0.25) is 0 Å². The van der Waals surface area contributed by atoms with Gasteiger partial charge in [0.25, 0.3) is 11.5 Å². The molecule has 5 rings (SSSR count). The summed E-state index contributed by atoms with van der Waals surface area (Å²) < 4.78 is 10.7. The van der Waals surface area contributed by atoms with Gasteiger partial charge in [0.05, 0.1) is 35.7 Å². The molecular formula is C25H26ClN5O3. The van der Waals surface area contributed by atoms with Crippen LogP contribution in [-0.4, -0.2) is 42.6 Å². The molecule has 3 aromatic heterocycles. The van der Waals surface area contributed by atoms with Crippen LogP contribution in [0.3, 0.4) is 0 Å². The number of ether oxygens (including phenoxy) is 1. The number of imidazole rings is 1. The molecule has 0 spiro atoms. The molecule has 1 aliphatic heterocycles. The van der Waals surface area contributed by atoms with Crippen molar-refractivity contribution in [1.29, 1.82) is 0 Å². The van der Waals surface area contributed by atoms with E-state index in [1.165, 1.54) is 0 Å². The zero-order valence-corrected chi connectivity index (χ0v) is 20.5. The molecule has 176 valence electrons. The fourth-order valence-corrected chi connectivity index (χ4v) is 5.22. The number of fused-ring (bicyclic) bond motifs is 2. The van der Waals surface area contributed by atoms with Gasteiger partial charge >= 0.3 is 0 Å². The molecule has 2 unspecified atom stereocenters. The Morgan fingerprint density at radius 2 is 1.97 bits per heavy atom. The second-order valence-corrected chi connectivity index (χ2v) is 9.29. The smallest absolute Gasteiger partial charge is 0.275 e. The molecule has 0 bridgehead atoms. The number of benzene rings is 1. The van der Waals surface area contributed by atoms with Crippen LogP contribution >= 0.6 is 11.6 Å². The lowest BCUT2D eigenvalue weighted by Gasteiger charge is -2.39. The minimum atomic E-state index is -0.226. The topological polar surface area (TPSA) is 74.3 Å². The fourth-order valence-electron chi connectivity index (χ4n) is 4.98. The largest absolute Gasteiger partial charge is 0.495 e. The van der Waals surface area contributed by atoms with Crippen LogP contribution in [0.4, 0.5) is 0 Å². The number of hydrogen-bond acceptors (Lipinski definition) is 4. The third-order valence-electron chi connectivity index (χ3n) is 6.68. The van der Waals surface area contributed by atoms with Crippen LogP contribution in [0.15, 0.2) is 47.8 Å². The molecule has 0 aliphatic carbocycles. The maximum absolute atomic E-state index is 13.7. The number of amides is 1. The van der Waals surface area contributed by atoms with E-state index in [-0.39, 0.29) is 23.6 Å². The van der Waals surface area contributed by atoms with Gasteiger partial charge in [-0.25, -0.2) is 4.98 Å². The molecule has 2 atom stereocenters. The molecule has 0 N–H and O–H groups in total. The van der Waals surface area contributed by atoms with E-state index in [1.54, 1.807) is 40.9 Å². The highest BCUT2D eigenvalue weighted by atomic mass is 35.5. The highest BCUT2D eigenvalue weighted by molar-refractivity contribution is 6.32. The summed E-state index contributed by atoms with van der Waals surface area (Å²) in [5, 5.41) is 1.49. The van der Waals surface area contributed by atoms with Crippen LogP contribution in [-0.2, 0) is 13.6 Å². The zero-order valence-electron chi connectivity index (χ0n) is 19.7. The van der Waals surface area contributed by atoms with Gasteiger partial charge in [0, 0.05) is 43.5 Å². The van der Waals surface area contributed by atoms with Crippen LogP contribution in [0.1, 0.15) is 41.6 Å². The van der Waals surface area contributed by atoms with Crippen molar-refractivity contribution in [3.05, 3.63) is 75.3 Å².